The first-order valence-electron chi connectivity index (χ1n) is 5.81. The molecule has 0 amide bonds. The highest BCUT2D eigenvalue weighted by Gasteiger charge is 2.08. The summed E-state index contributed by atoms with van der Waals surface area (Å²) < 4.78 is 6.19. The first-order chi connectivity index (χ1) is 9.24. The van der Waals surface area contributed by atoms with Crippen LogP contribution >= 0.6 is 11.3 Å². The molecule has 0 saturated carbocycles. The Balaban J connectivity index is 1.96. The molecule has 0 aliphatic carbocycles. The third-order valence-electron chi connectivity index (χ3n) is 2.77. The molecule has 2 aromatic carbocycles. The van der Waals surface area contributed by atoms with Crippen LogP contribution < -0.4 is 0 Å². The van der Waals surface area contributed by atoms with E-state index < -0.39 is 5.97 Å². The van der Waals surface area contributed by atoms with Crippen molar-refractivity contribution in [1.82, 2.24) is 4.98 Å². The minimum atomic E-state index is -0.966. The molecule has 3 rings (SSSR count). The standard InChI is InChI=1S/C14H11NO3S/c16-13(17)8-18-7-12-15-11-6-5-9-3-1-2-4-10(9)14(11)19-12/h1-6H,7-8H2,(H,16,17). The van der Waals surface area contributed by atoms with Crippen molar-refractivity contribution in [3.8, 4) is 0 Å². The van der Waals surface area contributed by atoms with Gasteiger partial charge in [-0.1, -0.05) is 30.3 Å². The number of benzene rings is 2. The lowest BCUT2D eigenvalue weighted by atomic mass is 10.1. The molecule has 19 heavy (non-hydrogen) atoms. The number of hydrogen-bond donors (Lipinski definition) is 1. The molecule has 0 fully saturated rings. The maximum absolute atomic E-state index is 10.4. The number of aliphatic carboxylic acids is 1. The van der Waals surface area contributed by atoms with Crippen LogP contribution in [0.2, 0.25) is 0 Å². The van der Waals surface area contributed by atoms with E-state index >= 15 is 0 Å². The van der Waals surface area contributed by atoms with Crippen molar-refractivity contribution in [3.05, 3.63) is 41.4 Å². The Morgan fingerprint density at radius 1 is 1.26 bits per heavy atom. The van der Waals surface area contributed by atoms with Gasteiger partial charge in [0.2, 0.25) is 0 Å². The lowest BCUT2D eigenvalue weighted by Crippen LogP contribution is -2.06. The topological polar surface area (TPSA) is 59.4 Å². The first kappa shape index (κ1) is 12.1. The number of rotatable bonds is 4. The lowest BCUT2D eigenvalue weighted by molar-refractivity contribution is -0.142. The molecular formula is C14H11NO3S. The van der Waals surface area contributed by atoms with Gasteiger partial charge in [-0.15, -0.1) is 11.3 Å². The smallest absolute Gasteiger partial charge is 0.329 e. The molecule has 0 radical (unpaired) electrons. The highest BCUT2D eigenvalue weighted by Crippen LogP contribution is 2.30. The molecule has 0 unspecified atom stereocenters. The van der Waals surface area contributed by atoms with Crippen molar-refractivity contribution in [2.24, 2.45) is 0 Å². The maximum Gasteiger partial charge on any atom is 0.329 e. The second kappa shape index (κ2) is 4.95. The largest absolute Gasteiger partial charge is 0.480 e. The predicted octanol–water partition coefficient (Wildman–Crippen LogP) is 3.05. The normalized spacial score (nSPS) is 11.2. The monoisotopic (exact) mass is 273 g/mol. The quantitative estimate of drug-likeness (QED) is 0.793. The zero-order valence-electron chi connectivity index (χ0n) is 10.00. The average molecular weight is 273 g/mol. The van der Waals surface area contributed by atoms with Crippen LogP contribution in [0.15, 0.2) is 36.4 Å². The Labute approximate surface area is 113 Å². The van der Waals surface area contributed by atoms with Gasteiger partial charge >= 0.3 is 5.97 Å². The van der Waals surface area contributed by atoms with Gasteiger partial charge in [-0.25, -0.2) is 9.78 Å². The summed E-state index contributed by atoms with van der Waals surface area (Å²) in [4.78, 5) is 14.9. The highest BCUT2D eigenvalue weighted by molar-refractivity contribution is 7.19. The van der Waals surface area contributed by atoms with Crippen molar-refractivity contribution in [1.29, 1.82) is 0 Å². The van der Waals surface area contributed by atoms with Crippen LogP contribution in [-0.4, -0.2) is 22.7 Å². The van der Waals surface area contributed by atoms with Gasteiger partial charge in [-0.2, -0.15) is 0 Å². The molecule has 96 valence electrons. The zero-order valence-corrected chi connectivity index (χ0v) is 10.8. The Bertz CT molecular complexity index is 751. The van der Waals surface area contributed by atoms with E-state index in [1.807, 2.05) is 24.3 Å². The van der Waals surface area contributed by atoms with Gasteiger partial charge in [0, 0.05) is 5.39 Å². The Kier molecular flexibility index (Phi) is 3.15. The summed E-state index contributed by atoms with van der Waals surface area (Å²) in [6.07, 6.45) is 0. The fourth-order valence-electron chi connectivity index (χ4n) is 1.99. The fraction of sp³-hybridized carbons (Fsp3) is 0.143. The summed E-state index contributed by atoms with van der Waals surface area (Å²) >= 11 is 1.55. The van der Waals surface area contributed by atoms with E-state index in [-0.39, 0.29) is 13.2 Å². The molecule has 0 aliphatic rings. The predicted molar refractivity (Wildman–Crippen MR) is 74.4 cm³/mol. The van der Waals surface area contributed by atoms with Crippen molar-refractivity contribution in [2.75, 3.05) is 6.61 Å². The minimum Gasteiger partial charge on any atom is -0.480 e. The summed E-state index contributed by atoms with van der Waals surface area (Å²) in [6.45, 7) is -0.0589. The van der Waals surface area contributed by atoms with Gasteiger partial charge in [-0.05, 0) is 11.5 Å². The molecule has 1 heterocycles. The van der Waals surface area contributed by atoms with Gasteiger partial charge in [0.15, 0.2) is 0 Å². The molecular weight excluding hydrogens is 262 g/mol. The molecule has 0 atom stereocenters. The molecule has 4 nitrogen and oxygen atoms in total. The van der Waals surface area contributed by atoms with Crippen LogP contribution in [0.25, 0.3) is 21.0 Å². The van der Waals surface area contributed by atoms with Crippen molar-refractivity contribution in [2.45, 2.75) is 6.61 Å². The number of hydrogen-bond acceptors (Lipinski definition) is 4. The lowest BCUT2D eigenvalue weighted by Gasteiger charge is -1.96. The van der Waals surface area contributed by atoms with Crippen molar-refractivity contribution >= 4 is 38.3 Å². The SMILES string of the molecule is O=C(O)COCc1nc2ccc3ccccc3c2s1. The number of aromatic nitrogens is 1. The van der Waals surface area contributed by atoms with E-state index in [9.17, 15) is 4.79 Å². The third-order valence-corrected chi connectivity index (χ3v) is 3.85. The minimum absolute atomic E-state index is 0.236. The van der Waals surface area contributed by atoms with Gasteiger partial charge in [-0.3, -0.25) is 0 Å². The molecule has 0 bridgehead atoms. The number of carboxylic acid groups (broad SMARTS) is 1. The highest BCUT2D eigenvalue weighted by atomic mass is 32.1. The number of fused-ring (bicyclic) bond motifs is 3. The van der Waals surface area contributed by atoms with E-state index in [2.05, 4.69) is 17.1 Å². The first-order valence-corrected chi connectivity index (χ1v) is 6.62. The summed E-state index contributed by atoms with van der Waals surface area (Å²) in [5.41, 5.74) is 0.928. The molecule has 5 heteroatoms. The van der Waals surface area contributed by atoms with Gasteiger partial charge in [0.25, 0.3) is 0 Å². The van der Waals surface area contributed by atoms with Gasteiger partial charge < -0.3 is 9.84 Å². The fourth-order valence-corrected chi connectivity index (χ4v) is 3.03. The maximum atomic E-state index is 10.4. The number of carbonyl (C=O) groups is 1. The van der Waals surface area contributed by atoms with Crippen LogP contribution in [0.3, 0.4) is 0 Å². The number of carboxylic acids is 1. The van der Waals surface area contributed by atoms with Crippen LogP contribution in [0.5, 0.6) is 0 Å². The summed E-state index contributed by atoms with van der Waals surface area (Å²) in [5, 5.41) is 11.7. The molecule has 0 aliphatic heterocycles. The van der Waals surface area contributed by atoms with Crippen LogP contribution in [0, 0.1) is 0 Å². The van der Waals surface area contributed by atoms with E-state index in [4.69, 9.17) is 9.84 Å². The number of thiazole rings is 1. The molecule has 0 spiro atoms. The van der Waals surface area contributed by atoms with Crippen LogP contribution in [0.4, 0.5) is 0 Å². The number of nitrogens with zero attached hydrogens (tertiary/aromatic N) is 1. The average Bonchev–Trinajstić information content (AvgIpc) is 2.81. The summed E-state index contributed by atoms with van der Waals surface area (Å²) in [6, 6.07) is 12.2. The van der Waals surface area contributed by atoms with E-state index in [1.54, 1.807) is 11.3 Å². The summed E-state index contributed by atoms with van der Waals surface area (Å²) in [7, 11) is 0. The second-order valence-corrected chi connectivity index (χ2v) is 5.21. The van der Waals surface area contributed by atoms with E-state index in [0.29, 0.717) is 0 Å². The Hall–Kier alpha value is -1.98. The van der Waals surface area contributed by atoms with Crippen LogP contribution in [0.1, 0.15) is 5.01 Å². The molecule has 3 aromatic rings. The molecule has 1 aromatic heterocycles. The molecule has 1 N–H and O–H groups in total. The Morgan fingerprint density at radius 2 is 2.11 bits per heavy atom. The van der Waals surface area contributed by atoms with E-state index in [0.717, 1.165) is 15.2 Å². The van der Waals surface area contributed by atoms with Gasteiger partial charge in [0.05, 0.1) is 16.8 Å². The number of ether oxygens (including phenoxy) is 1. The van der Waals surface area contributed by atoms with E-state index in [1.165, 1.54) is 10.8 Å². The molecule has 0 saturated heterocycles. The van der Waals surface area contributed by atoms with Crippen LogP contribution in [-0.2, 0) is 16.1 Å². The third kappa shape index (κ3) is 2.43. The Morgan fingerprint density at radius 3 is 2.95 bits per heavy atom. The van der Waals surface area contributed by atoms with Crippen molar-refractivity contribution in [3.63, 3.8) is 0 Å². The van der Waals surface area contributed by atoms with Crippen molar-refractivity contribution < 1.29 is 14.6 Å². The second-order valence-electron chi connectivity index (χ2n) is 4.13. The zero-order chi connectivity index (χ0) is 13.2. The summed E-state index contributed by atoms with van der Waals surface area (Å²) in [5.74, 6) is -0.966. The van der Waals surface area contributed by atoms with Gasteiger partial charge in [0.1, 0.15) is 11.6 Å².